The van der Waals surface area contributed by atoms with Crippen LogP contribution in [0.5, 0.6) is 0 Å². The van der Waals surface area contributed by atoms with Crippen molar-refractivity contribution in [2.24, 2.45) is 0 Å². The molecule has 3 rings (SSSR count). The van der Waals surface area contributed by atoms with Gasteiger partial charge in [-0.2, -0.15) is 4.98 Å². The number of nitrogens with zero attached hydrogens (tertiary/aromatic N) is 2. The Kier molecular flexibility index (Phi) is 6.97. The zero-order valence-electron chi connectivity index (χ0n) is 15.9. The van der Waals surface area contributed by atoms with E-state index in [0.717, 1.165) is 5.56 Å². The van der Waals surface area contributed by atoms with Crippen molar-refractivity contribution in [1.82, 2.24) is 10.1 Å². The topological polar surface area (TPSA) is 97.1 Å². The maximum absolute atomic E-state index is 12.1. The van der Waals surface area contributed by atoms with Crippen LogP contribution < -0.4 is 10.6 Å². The molecule has 0 atom stereocenters. The van der Waals surface area contributed by atoms with Gasteiger partial charge in [0.15, 0.2) is 0 Å². The molecule has 7 nitrogen and oxygen atoms in total. The Labute approximate surface area is 173 Å². The molecule has 0 saturated heterocycles. The zero-order valence-corrected chi connectivity index (χ0v) is 16.7. The monoisotopic (exact) mass is 412 g/mol. The highest BCUT2D eigenvalue weighted by molar-refractivity contribution is 6.30. The summed E-state index contributed by atoms with van der Waals surface area (Å²) < 4.78 is 5.24. The molecule has 1 aromatic heterocycles. The van der Waals surface area contributed by atoms with Crippen LogP contribution in [0.4, 0.5) is 11.4 Å². The molecule has 0 aliphatic heterocycles. The van der Waals surface area contributed by atoms with Gasteiger partial charge in [-0.25, -0.2) is 0 Å². The fourth-order valence-corrected chi connectivity index (χ4v) is 2.71. The third-order valence-electron chi connectivity index (χ3n) is 4.14. The molecule has 0 aliphatic carbocycles. The molecule has 0 saturated carbocycles. The summed E-state index contributed by atoms with van der Waals surface area (Å²) in [4.78, 5) is 27.8. The van der Waals surface area contributed by atoms with Crippen LogP contribution in [0.15, 0.2) is 53.1 Å². The van der Waals surface area contributed by atoms with E-state index < -0.39 is 0 Å². The number of benzene rings is 2. The van der Waals surface area contributed by atoms with Gasteiger partial charge in [0.1, 0.15) is 0 Å². The van der Waals surface area contributed by atoms with Crippen LogP contribution >= 0.6 is 11.6 Å². The maximum Gasteiger partial charge on any atom is 0.226 e. The Morgan fingerprint density at radius 3 is 2.21 bits per heavy atom. The SMILES string of the molecule is CCC(=O)Nc1ccc(NC(=O)CCCc2nc(-c3ccc(Cl)cc3)no2)cc1. The smallest absolute Gasteiger partial charge is 0.226 e. The van der Waals surface area contributed by atoms with Crippen molar-refractivity contribution in [3.63, 3.8) is 0 Å². The Morgan fingerprint density at radius 1 is 0.966 bits per heavy atom. The lowest BCUT2D eigenvalue weighted by Gasteiger charge is -2.07. The molecule has 2 amide bonds. The molecule has 0 spiro atoms. The number of halogens is 1. The first-order chi connectivity index (χ1) is 14.0. The maximum atomic E-state index is 12.1. The Balaban J connectivity index is 1.44. The van der Waals surface area contributed by atoms with Crippen molar-refractivity contribution < 1.29 is 14.1 Å². The van der Waals surface area contributed by atoms with Gasteiger partial charge < -0.3 is 15.2 Å². The molecule has 0 unspecified atom stereocenters. The molecule has 0 radical (unpaired) electrons. The van der Waals surface area contributed by atoms with Crippen molar-refractivity contribution in [2.45, 2.75) is 32.6 Å². The van der Waals surface area contributed by atoms with Gasteiger partial charge in [0.05, 0.1) is 0 Å². The Bertz CT molecular complexity index is 968. The number of rotatable bonds is 8. The van der Waals surface area contributed by atoms with Crippen LogP contribution in [0.25, 0.3) is 11.4 Å². The highest BCUT2D eigenvalue weighted by Crippen LogP contribution is 2.19. The van der Waals surface area contributed by atoms with E-state index in [9.17, 15) is 9.59 Å². The standard InChI is InChI=1S/C21H21ClN4O3/c1-2-18(27)23-16-10-12-17(13-11-16)24-19(28)4-3-5-20-25-21(26-29-20)14-6-8-15(22)9-7-14/h6-13H,2-5H2,1H3,(H,23,27)(H,24,28). The summed E-state index contributed by atoms with van der Waals surface area (Å²) in [6.45, 7) is 1.79. The van der Waals surface area contributed by atoms with Crippen LogP contribution in [-0.4, -0.2) is 22.0 Å². The summed E-state index contributed by atoms with van der Waals surface area (Å²) in [6.07, 6.45) is 1.83. The van der Waals surface area contributed by atoms with E-state index in [1.165, 1.54) is 0 Å². The first-order valence-electron chi connectivity index (χ1n) is 9.32. The lowest BCUT2D eigenvalue weighted by atomic mass is 10.2. The summed E-state index contributed by atoms with van der Waals surface area (Å²) in [6, 6.07) is 14.2. The summed E-state index contributed by atoms with van der Waals surface area (Å²) >= 11 is 5.88. The molecule has 0 aliphatic rings. The molecular weight excluding hydrogens is 392 g/mol. The van der Waals surface area contributed by atoms with Gasteiger partial charge in [-0.1, -0.05) is 23.7 Å². The number of anilines is 2. The van der Waals surface area contributed by atoms with Crippen LogP contribution in [0.1, 0.15) is 32.1 Å². The first kappa shape index (κ1) is 20.5. The van der Waals surface area contributed by atoms with E-state index in [0.29, 0.717) is 53.8 Å². The predicted octanol–water partition coefficient (Wildman–Crippen LogP) is 4.70. The quantitative estimate of drug-likeness (QED) is 0.558. The number of carbonyl (C=O) groups is 2. The largest absolute Gasteiger partial charge is 0.339 e. The van der Waals surface area contributed by atoms with Gasteiger partial charge >= 0.3 is 0 Å². The second-order valence-electron chi connectivity index (χ2n) is 6.40. The van der Waals surface area contributed by atoms with Gasteiger partial charge in [0.2, 0.25) is 23.5 Å². The third-order valence-corrected chi connectivity index (χ3v) is 4.39. The van der Waals surface area contributed by atoms with E-state index in [2.05, 4.69) is 20.8 Å². The van der Waals surface area contributed by atoms with E-state index in [4.69, 9.17) is 16.1 Å². The average Bonchev–Trinajstić information content (AvgIpc) is 3.19. The average molecular weight is 413 g/mol. The van der Waals surface area contributed by atoms with Crippen molar-refractivity contribution >= 4 is 34.8 Å². The van der Waals surface area contributed by atoms with Crippen LogP contribution in [-0.2, 0) is 16.0 Å². The van der Waals surface area contributed by atoms with Crippen molar-refractivity contribution in [3.05, 3.63) is 59.4 Å². The molecular formula is C21H21ClN4O3. The number of aromatic nitrogens is 2. The molecule has 29 heavy (non-hydrogen) atoms. The van der Waals surface area contributed by atoms with Gasteiger partial charge in [-0.05, 0) is 55.0 Å². The highest BCUT2D eigenvalue weighted by atomic mass is 35.5. The molecule has 1 heterocycles. The second-order valence-corrected chi connectivity index (χ2v) is 6.84. The summed E-state index contributed by atoms with van der Waals surface area (Å²) in [5.41, 5.74) is 2.19. The van der Waals surface area contributed by atoms with E-state index in [-0.39, 0.29) is 11.8 Å². The molecule has 2 N–H and O–H groups in total. The molecule has 0 bridgehead atoms. The molecule has 3 aromatic rings. The van der Waals surface area contributed by atoms with Crippen molar-refractivity contribution in [2.75, 3.05) is 10.6 Å². The summed E-state index contributed by atoms with van der Waals surface area (Å²) in [7, 11) is 0. The number of hydrogen-bond donors (Lipinski definition) is 2. The molecule has 150 valence electrons. The lowest BCUT2D eigenvalue weighted by Crippen LogP contribution is -2.12. The fraction of sp³-hybridized carbons (Fsp3) is 0.238. The number of carbonyl (C=O) groups excluding carboxylic acids is 2. The molecule has 8 heteroatoms. The predicted molar refractivity (Wildman–Crippen MR) is 112 cm³/mol. The van der Waals surface area contributed by atoms with Gasteiger partial charge in [0.25, 0.3) is 0 Å². The molecule has 2 aromatic carbocycles. The van der Waals surface area contributed by atoms with E-state index >= 15 is 0 Å². The number of hydrogen-bond acceptors (Lipinski definition) is 5. The zero-order chi connectivity index (χ0) is 20.6. The minimum Gasteiger partial charge on any atom is -0.339 e. The van der Waals surface area contributed by atoms with Crippen LogP contribution in [0, 0.1) is 0 Å². The Morgan fingerprint density at radius 2 is 1.59 bits per heavy atom. The first-order valence-corrected chi connectivity index (χ1v) is 9.69. The second kappa shape index (κ2) is 9.84. The van der Waals surface area contributed by atoms with E-state index in [1.807, 2.05) is 12.1 Å². The minimum absolute atomic E-state index is 0.0537. The summed E-state index contributed by atoms with van der Waals surface area (Å²) in [5.74, 6) is 0.824. The van der Waals surface area contributed by atoms with Gasteiger partial charge in [-0.15, -0.1) is 0 Å². The van der Waals surface area contributed by atoms with Crippen LogP contribution in [0.3, 0.4) is 0 Å². The number of aryl methyl sites for hydroxylation is 1. The van der Waals surface area contributed by atoms with Gasteiger partial charge in [0, 0.05) is 41.2 Å². The Hall–Kier alpha value is -3.19. The number of nitrogens with one attached hydrogen (secondary N) is 2. The highest BCUT2D eigenvalue weighted by Gasteiger charge is 2.10. The molecule has 0 fully saturated rings. The van der Waals surface area contributed by atoms with E-state index in [1.54, 1.807) is 43.3 Å². The minimum atomic E-state index is -0.104. The van der Waals surface area contributed by atoms with Gasteiger partial charge in [-0.3, -0.25) is 9.59 Å². The normalized spacial score (nSPS) is 10.6. The van der Waals surface area contributed by atoms with Crippen LogP contribution in [0.2, 0.25) is 5.02 Å². The third kappa shape index (κ3) is 6.15. The lowest BCUT2D eigenvalue weighted by molar-refractivity contribution is -0.117. The van der Waals surface area contributed by atoms with Crippen molar-refractivity contribution in [3.8, 4) is 11.4 Å². The summed E-state index contributed by atoms with van der Waals surface area (Å²) in [5, 5.41) is 10.2. The van der Waals surface area contributed by atoms with Crippen molar-refractivity contribution in [1.29, 1.82) is 0 Å². The fourth-order valence-electron chi connectivity index (χ4n) is 2.58. The number of amides is 2.